The van der Waals surface area contributed by atoms with Crippen molar-refractivity contribution in [1.82, 2.24) is 9.55 Å². The summed E-state index contributed by atoms with van der Waals surface area (Å²) in [5.41, 5.74) is 7.94. The highest BCUT2D eigenvalue weighted by molar-refractivity contribution is 9.10. The Morgan fingerprint density at radius 2 is 1.90 bits per heavy atom. The lowest BCUT2D eigenvalue weighted by Gasteiger charge is -2.15. The number of anilines is 1. The lowest BCUT2D eigenvalue weighted by Crippen LogP contribution is -2.10. The van der Waals surface area contributed by atoms with Crippen LogP contribution in [0.3, 0.4) is 0 Å². The molecule has 1 aromatic heterocycles. The zero-order valence-electron chi connectivity index (χ0n) is 12.1. The predicted molar refractivity (Wildman–Crippen MR) is 89.3 cm³/mol. The van der Waals surface area contributed by atoms with Crippen LogP contribution in [0, 0.1) is 0 Å². The summed E-state index contributed by atoms with van der Waals surface area (Å²) in [6.07, 6.45) is 0. The second-order valence-corrected chi connectivity index (χ2v) is 6.77. The van der Waals surface area contributed by atoms with Gasteiger partial charge in [-0.3, -0.25) is 0 Å². The van der Waals surface area contributed by atoms with Gasteiger partial charge in [0.15, 0.2) is 0 Å². The van der Waals surface area contributed by atoms with Gasteiger partial charge in [-0.15, -0.1) is 0 Å². The first-order valence-electron chi connectivity index (χ1n) is 6.66. The number of aromatic nitrogens is 2. The van der Waals surface area contributed by atoms with Gasteiger partial charge in [0, 0.05) is 22.0 Å². The molecule has 0 amide bonds. The summed E-state index contributed by atoms with van der Waals surface area (Å²) >= 11 is 9.77. The van der Waals surface area contributed by atoms with E-state index in [1.54, 1.807) is 0 Å². The fourth-order valence-electron chi connectivity index (χ4n) is 2.29. The molecule has 5 heteroatoms. The van der Waals surface area contributed by atoms with E-state index in [1.165, 1.54) is 0 Å². The average molecular weight is 357 g/mol. The second kappa shape index (κ2) is 5.78. The lowest BCUT2D eigenvalue weighted by molar-refractivity contribution is 0.556. The number of nitrogens with two attached hydrogens (primary N) is 1. The van der Waals surface area contributed by atoms with Gasteiger partial charge in [-0.1, -0.05) is 41.4 Å². The molecule has 2 aromatic rings. The first-order valence-corrected chi connectivity index (χ1v) is 7.83. The van der Waals surface area contributed by atoms with E-state index in [4.69, 9.17) is 22.3 Å². The maximum absolute atomic E-state index is 6.32. The van der Waals surface area contributed by atoms with Gasteiger partial charge in [0.1, 0.15) is 17.3 Å². The molecule has 20 heavy (non-hydrogen) atoms. The molecule has 0 atom stereocenters. The molecule has 0 saturated heterocycles. The lowest BCUT2D eigenvalue weighted by atomic mass is 10.1. The molecule has 0 unspecified atom stereocenters. The van der Waals surface area contributed by atoms with E-state index in [-0.39, 0.29) is 6.04 Å². The molecule has 2 rings (SSSR count). The van der Waals surface area contributed by atoms with E-state index in [2.05, 4.69) is 48.2 Å². The maximum atomic E-state index is 6.32. The summed E-state index contributed by atoms with van der Waals surface area (Å²) in [7, 11) is 0. The van der Waals surface area contributed by atoms with E-state index in [0.717, 1.165) is 21.6 Å². The summed E-state index contributed by atoms with van der Waals surface area (Å²) in [6.45, 7) is 8.45. The molecule has 0 aliphatic carbocycles. The van der Waals surface area contributed by atoms with Gasteiger partial charge in [0.05, 0.1) is 5.02 Å². The third kappa shape index (κ3) is 2.72. The van der Waals surface area contributed by atoms with Crippen LogP contribution in [0.4, 0.5) is 5.82 Å². The van der Waals surface area contributed by atoms with Crippen LogP contribution in [0.25, 0.3) is 11.3 Å². The molecule has 0 spiro atoms. The number of rotatable bonds is 3. The molecule has 2 N–H and O–H groups in total. The van der Waals surface area contributed by atoms with Crippen molar-refractivity contribution < 1.29 is 0 Å². The van der Waals surface area contributed by atoms with E-state index < -0.39 is 0 Å². The minimum absolute atomic E-state index is 0.263. The maximum Gasteiger partial charge on any atom is 0.132 e. The van der Waals surface area contributed by atoms with Crippen molar-refractivity contribution in [3.8, 4) is 11.3 Å². The number of imidazole rings is 1. The molecular weight excluding hydrogens is 338 g/mol. The van der Waals surface area contributed by atoms with Gasteiger partial charge in [0.2, 0.25) is 0 Å². The minimum Gasteiger partial charge on any atom is -0.383 e. The van der Waals surface area contributed by atoms with Crippen LogP contribution in [-0.2, 0) is 0 Å². The SMILES string of the molecule is CC(C)c1nc(-c2cc(Br)ccc2Cl)c(N)n1C(C)C. The van der Waals surface area contributed by atoms with E-state index in [9.17, 15) is 0 Å². The molecule has 3 nitrogen and oxygen atoms in total. The molecule has 0 radical (unpaired) electrons. The Balaban J connectivity index is 2.69. The van der Waals surface area contributed by atoms with Gasteiger partial charge >= 0.3 is 0 Å². The molecule has 1 heterocycles. The van der Waals surface area contributed by atoms with Crippen LogP contribution >= 0.6 is 27.5 Å². The van der Waals surface area contributed by atoms with Crippen molar-refractivity contribution in [2.24, 2.45) is 0 Å². The van der Waals surface area contributed by atoms with E-state index in [1.807, 2.05) is 18.2 Å². The number of benzene rings is 1. The summed E-state index contributed by atoms with van der Waals surface area (Å²) in [6, 6.07) is 5.98. The molecular formula is C15H19BrClN3. The van der Waals surface area contributed by atoms with Crippen LogP contribution < -0.4 is 5.73 Å². The van der Waals surface area contributed by atoms with Gasteiger partial charge < -0.3 is 10.3 Å². The minimum atomic E-state index is 0.263. The summed E-state index contributed by atoms with van der Waals surface area (Å²) < 4.78 is 3.04. The van der Waals surface area contributed by atoms with Crippen LogP contribution in [0.5, 0.6) is 0 Å². The number of nitrogen functional groups attached to an aromatic ring is 1. The van der Waals surface area contributed by atoms with Gasteiger partial charge in [-0.05, 0) is 32.0 Å². The standard InChI is InChI=1S/C15H19BrClN3/c1-8(2)15-19-13(14(18)20(15)9(3)4)11-7-10(16)5-6-12(11)17/h5-9H,18H2,1-4H3. The first-order chi connectivity index (χ1) is 9.32. The fraction of sp³-hybridized carbons (Fsp3) is 0.400. The molecule has 0 aliphatic heterocycles. The van der Waals surface area contributed by atoms with Crippen molar-refractivity contribution in [1.29, 1.82) is 0 Å². The van der Waals surface area contributed by atoms with Gasteiger partial charge in [-0.2, -0.15) is 0 Å². The highest BCUT2D eigenvalue weighted by Gasteiger charge is 2.21. The zero-order valence-corrected chi connectivity index (χ0v) is 14.5. The van der Waals surface area contributed by atoms with Crippen molar-refractivity contribution in [3.05, 3.63) is 33.5 Å². The smallest absolute Gasteiger partial charge is 0.132 e. The van der Waals surface area contributed by atoms with Gasteiger partial charge in [-0.25, -0.2) is 4.98 Å². The normalized spacial score (nSPS) is 11.6. The van der Waals surface area contributed by atoms with Crippen LogP contribution in [0.1, 0.15) is 45.5 Å². The third-order valence-electron chi connectivity index (χ3n) is 3.19. The molecule has 0 aliphatic rings. The van der Waals surface area contributed by atoms with Crippen molar-refractivity contribution >= 4 is 33.3 Å². The van der Waals surface area contributed by atoms with E-state index >= 15 is 0 Å². The Hall–Kier alpha value is -1.00. The van der Waals surface area contributed by atoms with Crippen molar-refractivity contribution in [2.75, 3.05) is 5.73 Å². The van der Waals surface area contributed by atoms with Crippen LogP contribution in [0.15, 0.2) is 22.7 Å². The Morgan fingerprint density at radius 1 is 1.25 bits per heavy atom. The van der Waals surface area contributed by atoms with Crippen LogP contribution in [-0.4, -0.2) is 9.55 Å². The Labute approximate surface area is 133 Å². The molecule has 0 bridgehead atoms. The highest BCUT2D eigenvalue weighted by atomic mass is 79.9. The zero-order chi connectivity index (χ0) is 15.0. The number of halogens is 2. The average Bonchev–Trinajstić information content (AvgIpc) is 2.70. The van der Waals surface area contributed by atoms with Crippen LogP contribution in [0.2, 0.25) is 5.02 Å². The van der Waals surface area contributed by atoms with E-state index in [0.29, 0.717) is 16.8 Å². The third-order valence-corrected chi connectivity index (χ3v) is 4.01. The monoisotopic (exact) mass is 355 g/mol. The predicted octanol–water partition coefficient (Wildman–Crippen LogP) is 5.25. The number of hydrogen-bond donors (Lipinski definition) is 1. The Morgan fingerprint density at radius 3 is 2.40 bits per heavy atom. The fourth-order valence-corrected chi connectivity index (χ4v) is 2.86. The summed E-state index contributed by atoms with van der Waals surface area (Å²) in [5.74, 6) is 1.96. The molecule has 0 saturated carbocycles. The summed E-state index contributed by atoms with van der Waals surface area (Å²) in [5, 5.41) is 0.656. The largest absolute Gasteiger partial charge is 0.383 e. The number of nitrogens with zero attached hydrogens (tertiary/aromatic N) is 2. The highest BCUT2D eigenvalue weighted by Crippen LogP contribution is 2.36. The molecule has 1 aromatic carbocycles. The van der Waals surface area contributed by atoms with Crippen molar-refractivity contribution in [2.45, 2.75) is 39.7 Å². The molecule has 108 valence electrons. The summed E-state index contributed by atoms with van der Waals surface area (Å²) in [4.78, 5) is 4.74. The Kier molecular flexibility index (Phi) is 4.45. The molecule has 0 fully saturated rings. The second-order valence-electron chi connectivity index (χ2n) is 5.45. The van der Waals surface area contributed by atoms with Crippen molar-refractivity contribution in [3.63, 3.8) is 0 Å². The number of hydrogen-bond acceptors (Lipinski definition) is 2. The quantitative estimate of drug-likeness (QED) is 0.816. The Bertz CT molecular complexity index is 632. The van der Waals surface area contributed by atoms with Gasteiger partial charge in [0.25, 0.3) is 0 Å². The topological polar surface area (TPSA) is 43.8 Å². The first kappa shape index (κ1) is 15.4.